The largest absolute Gasteiger partial charge is 0.293 e. The minimum absolute atomic E-state index is 0.220. The number of carbonyl (C=O) groups excluding carboxylic acids is 1. The highest BCUT2D eigenvalue weighted by Crippen LogP contribution is 2.26. The number of hydrogen-bond donors (Lipinski definition) is 0. The highest BCUT2D eigenvalue weighted by atomic mass is 32.1. The lowest BCUT2D eigenvalue weighted by molar-refractivity contribution is -0.695. The van der Waals surface area contributed by atoms with Gasteiger partial charge in [0, 0.05) is 16.8 Å². The summed E-state index contributed by atoms with van der Waals surface area (Å²) in [5.41, 5.74) is 0. The number of fused-ring (bicyclic) bond motifs is 1. The predicted molar refractivity (Wildman–Crippen MR) is 77.4 cm³/mol. The first-order chi connectivity index (χ1) is 9.33. The van der Waals surface area contributed by atoms with Gasteiger partial charge in [-0.3, -0.25) is 4.79 Å². The first-order valence-corrected chi connectivity index (χ1v) is 7.10. The Balaban J connectivity index is 1.73. The van der Waals surface area contributed by atoms with Gasteiger partial charge in [-0.15, -0.1) is 11.3 Å². The molecule has 0 unspecified atom stereocenters. The molecule has 0 fully saturated rings. The average molecular weight is 268 g/mol. The minimum atomic E-state index is 0.220. The van der Waals surface area contributed by atoms with Gasteiger partial charge in [0.15, 0.2) is 24.7 Å². The van der Waals surface area contributed by atoms with Gasteiger partial charge < -0.3 is 0 Å². The fraction of sp³-hybridized carbons (Fsp3) is 0.125. The molecule has 0 aliphatic rings. The number of ketones is 1. The van der Waals surface area contributed by atoms with Gasteiger partial charge >= 0.3 is 0 Å². The Kier molecular flexibility index (Phi) is 3.38. The third-order valence-electron chi connectivity index (χ3n) is 3.07. The van der Waals surface area contributed by atoms with Crippen LogP contribution in [-0.2, 0) is 6.54 Å². The van der Waals surface area contributed by atoms with E-state index in [1.807, 2.05) is 53.4 Å². The molecule has 0 saturated heterocycles. The molecule has 19 heavy (non-hydrogen) atoms. The maximum Gasteiger partial charge on any atom is 0.179 e. The van der Waals surface area contributed by atoms with Crippen molar-refractivity contribution in [3.63, 3.8) is 0 Å². The summed E-state index contributed by atoms with van der Waals surface area (Å²) in [6.07, 6.45) is 4.51. The van der Waals surface area contributed by atoms with Gasteiger partial charge in [0.2, 0.25) is 0 Å². The molecule has 0 aliphatic carbocycles. The number of benzene rings is 1. The monoisotopic (exact) mass is 268 g/mol. The summed E-state index contributed by atoms with van der Waals surface area (Å²) >= 11 is 1.58. The van der Waals surface area contributed by atoms with E-state index >= 15 is 0 Å². The van der Waals surface area contributed by atoms with E-state index in [1.165, 1.54) is 4.70 Å². The quantitative estimate of drug-likeness (QED) is 0.524. The number of hydrogen-bond acceptors (Lipinski definition) is 2. The summed E-state index contributed by atoms with van der Waals surface area (Å²) in [7, 11) is 0. The standard InChI is InChI=1S/C16H14NOS/c18-14(8-11-17-9-4-1-5-10-17)16-12-13-6-2-3-7-15(13)19-16/h1-7,9-10,12H,8,11H2/q+1. The summed E-state index contributed by atoms with van der Waals surface area (Å²) in [5.74, 6) is 0.220. The second kappa shape index (κ2) is 5.33. The van der Waals surface area contributed by atoms with Gasteiger partial charge in [-0.2, -0.15) is 0 Å². The maximum absolute atomic E-state index is 12.2. The van der Waals surface area contributed by atoms with Crippen LogP contribution in [0.15, 0.2) is 60.9 Å². The molecular weight excluding hydrogens is 254 g/mol. The average Bonchev–Trinajstić information content (AvgIpc) is 2.90. The van der Waals surface area contributed by atoms with E-state index < -0.39 is 0 Å². The van der Waals surface area contributed by atoms with Crippen LogP contribution >= 0.6 is 11.3 Å². The molecule has 3 aromatic rings. The number of nitrogens with zero attached hydrogens (tertiary/aromatic N) is 1. The highest BCUT2D eigenvalue weighted by molar-refractivity contribution is 7.20. The van der Waals surface area contributed by atoms with Crippen LogP contribution in [0.25, 0.3) is 10.1 Å². The second-order valence-corrected chi connectivity index (χ2v) is 5.52. The zero-order valence-corrected chi connectivity index (χ0v) is 11.3. The van der Waals surface area contributed by atoms with Crippen molar-refractivity contribution in [3.05, 3.63) is 65.8 Å². The van der Waals surface area contributed by atoms with Crippen LogP contribution in [0.4, 0.5) is 0 Å². The zero-order valence-electron chi connectivity index (χ0n) is 10.5. The van der Waals surface area contributed by atoms with Crippen LogP contribution in [0.3, 0.4) is 0 Å². The number of Topliss-reactive ketones (excluding diaryl/α,β-unsaturated/α-hetero) is 1. The van der Waals surface area contributed by atoms with Crippen LogP contribution < -0.4 is 4.57 Å². The smallest absolute Gasteiger partial charge is 0.179 e. The van der Waals surface area contributed by atoms with E-state index in [0.717, 1.165) is 16.8 Å². The van der Waals surface area contributed by atoms with Gasteiger partial charge in [-0.25, -0.2) is 4.57 Å². The van der Waals surface area contributed by atoms with E-state index in [1.54, 1.807) is 11.3 Å². The van der Waals surface area contributed by atoms with Crippen molar-refractivity contribution in [1.29, 1.82) is 0 Å². The Morgan fingerprint density at radius 3 is 2.63 bits per heavy atom. The molecule has 2 heterocycles. The number of pyridine rings is 1. The van der Waals surface area contributed by atoms with Crippen LogP contribution in [0, 0.1) is 0 Å². The van der Waals surface area contributed by atoms with Crippen molar-refractivity contribution in [2.24, 2.45) is 0 Å². The number of carbonyl (C=O) groups is 1. The molecule has 0 atom stereocenters. The normalized spacial score (nSPS) is 10.7. The lowest BCUT2D eigenvalue weighted by atomic mass is 10.2. The van der Waals surface area contributed by atoms with Crippen LogP contribution in [-0.4, -0.2) is 5.78 Å². The van der Waals surface area contributed by atoms with Crippen LogP contribution in [0.2, 0.25) is 0 Å². The molecule has 2 nitrogen and oxygen atoms in total. The van der Waals surface area contributed by atoms with E-state index in [4.69, 9.17) is 0 Å². The molecule has 94 valence electrons. The Morgan fingerprint density at radius 1 is 1.05 bits per heavy atom. The minimum Gasteiger partial charge on any atom is -0.293 e. The summed E-state index contributed by atoms with van der Waals surface area (Å²) in [5, 5.41) is 1.16. The molecule has 0 bridgehead atoms. The van der Waals surface area contributed by atoms with Crippen molar-refractivity contribution in [2.75, 3.05) is 0 Å². The third kappa shape index (κ3) is 2.71. The van der Waals surface area contributed by atoms with Gasteiger partial charge in [0.1, 0.15) is 0 Å². The molecule has 0 amide bonds. The van der Waals surface area contributed by atoms with Crippen LogP contribution in [0.5, 0.6) is 0 Å². The molecule has 1 aromatic carbocycles. The number of aryl methyl sites for hydroxylation is 1. The summed E-state index contributed by atoms with van der Waals surface area (Å²) in [6.45, 7) is 0.730. The predicted octanol–water partition coefficient (Wildman–Crippen LogP) is 3.46. The maximum atomic E-state index is 12.2. The third-order valence-corrected chi connectivity index (χ3v) is 4.23. The van der Waals surface area contributed by atoms with E-state index in [9.17, 15) is 4.79 Å². The molecule has 0 aliphatic heterocycles. The van der Waals surface area contributed by atoms with E-state index in [-0.39, 0.29) is 5.78 Å². The first-order valence-electron chi connectivity index (χ1n) is 6.29. The molecule has 0 radical (unpaired) electrons. The fourth-order valence-electron chi connectivity index (χ4n) is 2.06. The number of thiophene rings is 1. The number of rotatable bonds is 4. The Hall–Kier alpha value is -2.00. The Morgan fingerprint density at radius 2 is 1.84 bits per heavy atom. The molecule has 2 aromatic heterocycles. The molecule has 0 N–H and O–H groups in total. The fourth-order valence-corrected chi connectivity index (χ4v) is 3.09. The summed E-state index contributed by atoms with van der Waals surface area (Å²) < 4.78 is 3.21. The van der Waals surface area contributed by atoms with Crippen molar-refractivity contribution < 1.29 is 9.36 Å². The summed E-state index contributed by atoms with van der Waals surface area (Å²) in [4.78, 5) is 13.0. The topological polar surface area (TPSA) is 20.9 Å². The van der Waals surface area contributed by atoms with Gasteiger partial charge in [-0.1, -0.05) is 24.3 Å². The van der Waals surface area contributed by atoms with Gasteiger partial charge in [-0.05, 0) is 17.5 Å². The van der Waals surface area contributed by atoms with Crippen molar-refractivity contribution in [2.45, 2.75) is 13.0 Å². The number of aromatic nitrogens is 1. The van der Waals surface area contributed by atoms with Crippen molar-refractivity contribution in [3.8, 4) is 0 Å². The molecule has 0 saturated carbocycles. The van der Waals surface area contributed by atoms with Gasteiger partial charge in [0.05, 0.1) is 11.3 Å². The zero-order chi connectivity index (χ0) is 13.1. The molecule has 0 spiro atoms. The van der Waals surface area contributed by atoms with Crippen molar-refractivity contribution in [1.82, 2.24) is 0 Å². The molecule has 3 heteroatoms. The summed E-state index contributed by atoms with van der Waals surface area (Å²) in [6, 6.07) is 16.0. The Bertz CT molecular complexity index is 670. The van der Waals surface area contributed by atoms with Gasteiger partial charge in [0.25, 0.3) is 0 Å². The van der Waals surface area contributed by atoms with Crippen molar-refractivity contribution >= 4 is 27.2 Å². The lowest BCUT2D eigenvalue weighted by Crippen LogP contribution is -2.33. The van der Waals surface area contributed by atoms with Crippen LogP contribution in [0.1, 0.15) is 16.1 Å². The molecule has 3 rings (SSSR count). The van der Waals surface area contributed by atoms with E-state index in [2.05, 4.69) is 12.1 Å². The Labute approximate surface area is 115 Å². The second-order valence-electron chi connectivity index (χ2n) is 4.43. The molecular formula is C16H14NOS+. The SMILES string of the molecule is O=C(CC[n+]1ccccc1)c1cc2ccccc2s1. The first kappa shape index (κ1) is 12.1. The van der Waals surface area contributed by atoms with E-state index in [0.29, 0.717) is 6.42 Å². The lowest BCUT2D eigenvalue weighted by Gasteiger charge is -1.95. The highest BCUT2D eigenvalue weighted by Gasteiger charge is 2.12.